The zero-order valence-electron chi connectivity index (χ0n) is 19.5. The van der Waals surface area contributed by atoms with Gasteiger partial charge < -0.3 is 24.8 Å². The number of nitrogens with two attached hydrogens (primary N) is 1. The molecule has 3 fully saturated rings. The largest absolute Gasteiger partial charge is 0.382 e. The van der Waals surface area contributed by atoms with Crippen LogP contribution >= 0.6 is 0 Å². The third-order valence-corrected chi connectivity index (χ3v) is 7.08. The Morgan fingerprint density at radius 1 is 1.24 bits per heavy atom. The molecule has 2 aromatic rings. The van der Waals surface area contributed by atoms with Crippen LogP contribution in [0.1, 0.15) is 32.9 Å². The summed E-state index contributed by atoms with van der Waals surface area (Å²) in [5.74, 6) is -0.318. The van der Waals surface area contributed by atoms with E-state index in [0.717, 1.165) is 19.1 Å². The van der Waals surface area contributed by atoms with E-state index in [2.05, 4.69) is 15.0 Å². The number of hydroxylamine groups is 2. The molecule has 2 aromatic heterocycles. The Bertz CT molecular complexity index is 1150. The van der Waals surface area contributed by atoms with Gasteiger partial charge in [-0.2, -0.15) is 13.5 Å². The molecule has 1 aliphatic carbocycles. The van der Waals surface area contributed by atoms with Gasteiger partial charge in [-0.25, -0.2) is 15.0 Å². The molecule has 2 N–H and O–H groups in total. The summed E-state index contributed by atoms with van der Waals surface area (Å²) < 4.78 is 48.1. The second kappa shape index (κ2) is 8.62. The Labute approximate surface area is 197 Å². The number of hydrogen-bond acceptors (Lipinski definition) is 12. The van der Waals surface area contributed by atoms with Crippen LogP contribution in [0, 0.1) is 5.92 Å². The molecule has 4 heterocycles. The predicted molar refractivity (Wildman–Crippen MR) is 118 cm³/mol. The first-order valence-corrected chi connectivity index (χ1v) is 13.0. The highest BCUT2D eigenvalue weighted by molar-refractivity contribution is 7.85. The van der Waals surface area contributed by atoms with Crippen molar-refractivity contribution in [3.05, 3.63) is 12.7 Å². The predicted octanol–water partition coefficient (Wildman–Crippen LogP) is 0.444. The van der Waals surface area contributed by atoms with Crippen molar-refractivity contribution >= 4 is 27.1 Å². The van der Waals surface area contributed by atoms with Gasteiger partial charge in [-0.15, -0.1) is 0 Å². The van der Waals surface area contributed by atoms with E-state index in [-0.39, 0.29) is 36.9 Å². The average molecular weight is 499 g/mol. The molecule has 13 nitrogen and oxygen atoms in total. The fourth-order valence-corrected chi connectivity index (χ4v) is 5.37. The molecule has 4 atom stereocenters. The van der Waals surface area contributed by atoms with E-state index < -0.39 is 22.1 Å². The monoisotopic (exact) mass is 498 g/mol. The van der Waals surface area contributed by atoms with Gasteiger partial charge in [0.15, 0.2) is 23.5 Å². The van der Waals surface area contributed by atoms with Crippen molar-refractivity contribution in [2.24, 2.45) is 5.92 Å². The van der Waals surface area contributed by atoms with Crippen molar-refractivity contribution in [3.8, 4) is 0 Å². The van der Waals surface area contributed by atoms with Gasteiger partial charge in [0, 0.05) is 6.04 Å². The second-order valence-electron chi connectivity index (χ2n) is 9.47. The lowest BCUT2D eigenvalue weighted by molar-refractivity contribution is -0.231. The van der Waals surface area contributed by atoms with Gasteiger partial charge in [-0.3, -0.25) is 8.75 Å². The molecule has 188 valence electrons. The van der Waals surface area contributed by atoms with Gasteiger partial charge >= 0.3 is 0 Å². The third-order valence-electron chi connectivity index (χ3n) is 6.52. The van der Waals surface area contributed by atoms with Gasteiger partial charge in [-0.05, 0) is 32.6 Å². The number of fused-ring (bicyclic) bond motifs is 2. The quantitative estimate of drug-likeness (QED) is 0.397. The number of hydrogen-bond donors (Lipinski definition) is 1. The first-order valence-electron chi connectivity index (χ1n) is 11.1. The standard InChI is InChI=1S/C20H30N6O7S/c1-20(2)32-15-13(7-26(29-3)12-5-11(6-12)8-30-34(4,27)28)31-19(16(15)33-20)25-10-24-14-17(21)22-9-23-18(14)25/h9-13,15-16,19H,5-8H2,1-4H3,(H2,21,22,23)/t11?,12?,13-,15-,16-,19-/m1/s1. The van der Waals surface area contributed by atoms with Crippen molar-refractivity contribution in [3.63, 3.8) is 0 Å². The fourth-order valence-electron chi connectivity index (χ4n) is 4.93. The molecule has 0 amide bonds. The average Bonchev–Trinajstić information content (AvgIpc) is 3.37. The van der Waals surface area contributed by atoms with E-state index in [0.29, 0.717) is 23.5 Å². The molecule has 2 saturated heterocycles. The molecule has 14 heteroatoms. The number of aromatic nitrogens is 4. The van der Waals surface area contributed by atoms with Gasteiger partial charge in [-0.1, -0.05) is 0 Å². The number of nitrogen functional groups attached to an aromatic ring is 1. The topological polar surface area (TPSA) is 153 Å². The lowest BCUT2D eigenvalue weighted by Crippen LogP contribution is -2.50. The molecular formula is C20H30N6O7S. The van der Waals surface area contributed by atoms with Crippen LogP contribution in [-0.4, -0.2) is 89.7 Å². The van der Waals surface area contributed by atoms with Crippen LogP contribution in [-0.2, 0) is 33.3 Å². The lowest BCUT2D eigenvalue weighted by Gasteiger charge is -2.42. The maximum atomic E-state index is 11.2. The van der Waals surface area contributed by atoms with Crippen LogP contribution in [0.25, 0.3) is 11.2 Å². The second-order valence-corrected chi connectivity index (χ2v) is 11.1. The van der Waals surface area contributed by atoms with E-state index in [1.165, 1.54) is 6.33 Å². The summed E-state index contributed by atoms with van der Waals surface area (Å²) in [7, 11) is -1.83. The molecule has 34 heavy (non-hydrogen) atoms. The number of ether oxygens (including phenoxy) is 3. The van der Waals surface area contributed by atoms with E-state index in [1.807, 2.05) is 18.9 Å². The third kappa shape index (κ3) is 4.51. The highest BCUT2D eigenvalue weighted by atomic mass is 32.2. The SMILES string of the molecule is CON(C[C@H]1O[C@@H](n2cnc3c(N)ncnc32)[C@@H]2OC(C)(C)O[C@@H]21)C1CC(COS(C)(=O)=O)C1. The number of imidazole rings is 1. The highest BCUT2D eigenvalue weighted by Crippen LogP contribution is 2.44. The van der Waals surface area contributed by atoms with Crippen LogP contribution in [0.5, 0.6) is 0 Å². The minimum Gasteiger partial charge on any atom is -0.382 e. The van der Waals surface area contributed by atoms with Crippen LogP contribution in [0.4, 0.5) is 5.82 Å². The van der Waals surface area contributed by atoms with E-state index in [9.17, 15) is 8.42 Å². The molecule has 0 radical (unpaired) electrons. The minimum absolute atomic E-state index is 0.121. The van der Waals surface area contributed by atoms with Gasteiger partial charge in [0.1, 0.15) is 30.2 Å². The van der Waals surface area contributed by atoms with Crippen molar-refractivity contribution in [2.75, 3.05) is 32.3 Å². The molecule has 5 rings (SSSR count). The minimum atomic E-state index is -3.44. The number of nitrogens with zero attached hydrogens (tertiary/aromatic N) is 5. The summed E-state index contributed by atoms with van der Waals surface area (Å²) in [6.45, 7) is 4.38. The molecule has 2 aliphatic heterocycles. The van der Waals surface area contributed by atoms with Crippen LogP contribution in [0.2, 0.25) is 0 Å². The van der Waals surface area contributed by atoms with E-state index >= 15 is 0 Å². The Morgan fingerprint density at radius 2 is 1.97 bits per heavy atom. The first kappa shape index (κ1) is 23.8. The summed E-state index contributed by atoms with van der Waals surface area (Å²) in [6, 6.07) is 0.121. The van der Waals surface area contributed by atoms with Crippen LogP contribution in [0.15, 0.2) is 12.7 Å². The van der Waals surface area contributed by atoms with Crippen molar-refractivity contribution in [1.82, 2.24) is 24.6 Å². The Kier molecular flexibility index (Phi) is 6.03. The zero-order chi connectivity index (χ0) is 24.3. The highest BCUT2D eigenvalue weighted by Gasteiger charge is 2.57. The Balaban J connectivity index is 1.30. The summed E-state index contributed by atoms with van der Waals surface area (Å²) in [5, 5.41) is 1.86. The summed E-state index contributed by atoms with van der Waals surface area (Å²) in [5.41, 5.74) is 7.01. The molecule has 0 spiro atoms. The zero-order valence-corrected chi connectivity index (χ0v) is 20.3. The van der Waals surface area contributed by atoms with Crippen molar-refractivity contribution in [2.45, 2.75) is 63.1 Å². The summed E-state index contributed by atoms with van der Waals surface area (Å²) in [4.78, 5) is 18.4. The van der Waals surface area contributed by atoms with Crippen molar-refractivity contribution in [1.29, 1.82) is 0 Å². The maximum absolute atomic E-state index is 11.2. The number of anilines is 1. The van der Waals surface area contributed by atoms with E-state index in [4.69, 9.17) is 29.0 Å². The van der Waals surface area contributed by atoms with Gasteiger partial charge in [0.2, 0.25) is 0 Å². The summed E-state index contributed by atoms with van der Waals surface area (Å²) in [6.07, 6.45) is 4.01. The van der Waals surface area contributed by atoms with Crippen LogP contribution in [0.3, 0.4) is 0 Å². The van der Waals surface area contributed by atoms with E-state index in [1.54, 1.807) is 18.0 Å². The first-order chi connectivity index (χ1) is 16.0. The van der Waals surface area contributed by atoms with Gasteiger partial charge in [0.05, 0.1) is 32.8 Å². The molecule has 3 aliphatic rings. The Morgan fingerprint density at radius 3 is 2.68 bits per heavy atom. The fraction of sp³-hybridized carbons (Fsp3) is 0.750. The van der Waals surface area contributed by atoms with Crippen LogP contribution < -0.4 is 5.73 Å². The van der Waals surface area contributed by atoms with Gasteiger partial charge in [0.25, 0.3) is 10.1 Å². The smallest absolute Gasteiger partial charge is 0.264 e. The molecule has 0 aromatic carbocycles. The molecule has 1 saturated carbocycles. The molecule has 0 unspecified atom stereocenters. The Hall–Kier alpha value is -1.94. The molecule has 0 bridgehead atoms. The number of rotatable bonds is 8. The lowest BCUT2D eigenvalue weighted by atomic mass is 9.80. The molecular weight excluding hydrogens is 468 g/mol. The normalized spacial score (nSPS) is 32.9. The summed E-state index contributed by atoms with van der Waals surface area (Å²) >= 11 is 0. The maximum Gasteiger partial charge on any atom is 0.264 e. The van der Waals surface area contributed by atoms with Crippen molar-refractivity contribution < 1.29 is 31.6 Å².